The lowest BCUT2D eigenvalue weighted by Gasteiger charge is -2.09. The molecular weight excluding hydrogens is 267 g/mol. The fourth-order valence-corrected chi connectivity index (χ4v) is 1.25. The van der Waals surface area contributed by atoms with Crippen molar-refractivity contribution in [2.45, 2.75) is 18.7 Å². The molecule has 0 bridgehead atoms. The zero-order valence-corrected chi connectivity index (χ0v) is 9.72. The second-order valence-corrected chi connectivity index (χ2v) is 3.58. The molecular formula is C10H12F3N3O3. The first kappa shape index (κ1) is 15.2. The lowest BCUT2D eigenvalue weighted by molar-refractivity contribution is -0.192. The van der Waals surface area contributed by atoms with E-state index >= 15 is 0 Å². The molecule has 0 aliphatic carbocycles. The third-order valence-electron chi connectivity index (χ3n) is 2.10. The summed E-state index contributed by atoms with van der Waals surface area (Å²) in [5, 5.41) is 10.3. The van der Waals surface area contributed by atoms with Crippen LogP contribution in [0.3, 0.4) is 0 Å². The van der Waals surface area contributed by atoms with Crippen molar-refractivity contribution in [3.05, 3.63) is 18.6 Å². The average Bonchev–Trinajstić information content (AvgIpc) is 2.83. The number of carbonyl (C=O) groups is 1. The Morgan fingerprint density at radius 3 is 2.63 bits per heavy atom. The number of hydrogen-bond acceptors (Lipinski definition) is 5. The molecule has 1 aliphatic heterocycles. The second kappa shape index (κ2) is 6.88. The van der Waals surface area contributed by atoms with E-state index in [4.69, 9.17) is 14.6 Å². The van der Waals surface area contributed by atoms with Crippen LogP contribution in [0.4, 0.5) is 13.2 Å². The minimum Gasteiger partial charge on any atom is -0.475 e. The molecule has 1 unspecified atom stereocenters. The molecule has 19 heavy (non-hydrogen) atoms. The summed E-state index contributed by atoms with van der Waals surface area (Å²) in [6.45, 7) is 1.96. The second-order valence-electron chi connectivity index (χ2n) is 3.58. The van der Waals surface area contributed by atoms with Gasteiger partial charge in [0.05, 0.1) is 0 Å². The highest BCUT2D eigenvalue weighted by Gasteiger charge is 2.38. The molecule has 1 aromatic rings. The van der Waals surface area contributed by atoms with Crippen LogP contribution in [-0.4, -0.2) is 46.4 Å². The van der Waals surface area contributed by atoms with Crippen LogP contribution < -0.4 is 10.1 Å². The molecule has 2 rings (SSSR count). The highest BCUT2D eigenvalue weighted by Crippen LogP contribution is 2.13. The molecule has 0 spiro atoms. The summed E-state index contributed by atoms with van der Waals surface area (Å²) >= 11 is 0. The van der Waals surface area contributed by atoms with Gasteiger partial charge < -0.3 is 15.2 Å². The van der Waals surface area contributed by atoms with E-state index in [0.29, 0.717) is 5.88 Å². The van der Waals surface area contributed by atoms with Crippen molar-refractivity contribution >= 4 is 5.97 Å². The molecule has 1 aliphatic rings. The van der Waals surface area contributed by atoms with E-state index in [1.807, 2.05) is 0 Å². The zero-order valence-electron chi connectivity index (χ0n) is 9.72. The molecule has 0 radical (unpaired) electrons. The Morgan fingerprint density at radius 1 is 1.53 bits per heavy atom. The number of ether oxygens (including phenoxy) is 1. The highest BCUT2D eigenvalue weighted by molar-refractivity contribution is 5.73. The Bertz CT molecular complexity index is 394. The maximum Gasteiger partial charge on any atom is 0.490 e. The molecule has 2 heterocycles. The lowest BCUT2D eigenvalue weighted by atomic mass is 10.3. The van der Waals surface area contributed by atoms with Crippen LogP contribution in [0.15, 0.2) is 18.6 Å². The lowest BCUT2D eigenvalue weighted by Crippen LogP contribution is -2.21. The number of carboxylic acid groups (broad SMARTS) is 1. The van der Waals surface area contributed by atoms with Crippen LogP contribution in [-0.2, 0) is 4.79 Å². The van der Waals surface area contributed by atoms with Crippen LogP contribution in [0.2, 0.25) is 0 Å². The Labute approximate surface area is 106 Å². The van der Waals surface area contributed by atoms with Crippen LogP contribution in [0.1, 0.15) is 6.42 Å². The van der Waals surface area contributed by atoms with E-state index in [1.54, 1.807) is 12.3 Å². The first-order valence-electron chi connectivity index (χ1n) is 5.33. The monoisotopic (exact) mass is 279 g/mol. The summed E-state index contributed by atoms with van der Waals surface area (Å²) in [5.41, 5.74) is 0. The van der Waals surface area contributed by atoms with E-state index in [2.05, 4.69) is 15.3 Å². The highest BCUT2D eigenvalue weighted by atomic mass is 19.4. The summed E-state index contributed by atoms with van der Waals surface area (Å²) in [6.07, 6.45) is -0.563. The molecule has 0 saturated carbocycles. The van der Waals surface area contributed by atoms with Crippen molar-refractivity contribution in [1.82, 2.24) is 15.3 Å². The van der Waals surface area contributed by atoms with Gasteiger partial charge in [-0.3, -0.25) is 0 Å². The number of nitrogens with one attached hydrogen (secondary N) is 1. The largest absolute Gasteiger partial charge is 0.490 e. The van der Waals surface area contributed by atoms with Gasteiger partial charge in [0.2, 0.25) is 5.88 Å². The molecule has 0 amide bonds. The van der Waals surface area contributed by atoms with Gasteiger partial charge >= 0.3 is 12.1 Å². The molecule has 1 aromatic heterocycles. The molecule has 0 aromatic carbocycles. The summed E-state index contributed by atoms with van der Waals surface area (Å²) in [5.74, 6) is -2.09. The van der Waals surface area contributed by atoms with Crippen molar-refractivity contribution < 1.29 is 27.8 Å². The van der Waals surface area contributed by atoms with Gasteiger partial charge in [-0.15, -0.1) is 0 Å². The van der Waals surface area contributed by atoms with E-state index in [0.717, 1.165) is 19.5 Å². The smallest absolute Gasteiger partial charge is 0.475 e. The summed E-state index contributed by atoms with van der Waals surface area (Å²) in [6, 6.07) is 1.78. The van der Waals surface area contributed by atoms with Crippen molar-refractivity contribution in [3.8, 4) is 5.88 Å². The molecule has 6 nitrogen and oxygen atoms in total. The number of carboxylic acids is 1. The van der Waals surface area contributed by atoms with Gasteiger partial charge in [0.1, 0.15) is 12.4 Å². The molecule has 1 atom stereocenters. The maximum atomic E-state index is 10.6. The number of aromatic nitrogens is 2. The molecule has 2 N–H and O–H groups in total. The van der Waals surface area contributed by atoms with Gasteiger partial charge in [0.15, 0.2) is 0 Å². The summed E-state index contributed by atoms with van der Waals surface area (Å²) in [4.78, 5) is 16.7. The zero-order chi connectivity index (χ0) is 14.3. The van der Waals surface area contributed by atoms with Crippen molar-refractivity contribution in [2.75, 3.05) is 13.1 Å². The average molecular weight is 279 g/mol. The Hall–Kier alpha value is -1.90. The quantitative estimate of drug-likeness (QED) is 0.835. The Balaban J connectivity index is 0.000000224. The van der Waals surface area contributed by atoms with Gasteiger partial charge in [-0.1, -0.05) is 0 Å². The predicted octanol–water partition coefficient (Wildman–Crippen LogP) is 0.851. The van der Waals surface area contributed by atoms with Crippen molar-refractivity contribution in [1.29, 1.82) is 0 Å². The van der Waals surface area contributed by atoms with Crippen molar-refractivity contribution in [2.24, 2.45) is 0 Å². The van der Waals surface area contributed by atoms with Gasteiger partial charge in [-0.05, 0) is 13.0 Å². The minimum atomic E-state index is -5.08. The van der Waals surface area contributed by atoms with Gasteiger partial charge in [0.25, 0.3) is 0 Å². The minimum absolute atomic E-state index is 0.278. The van der Waals surface area contributed by atoms with Gasteiger partial charge in [-0.25, -0.2) is 14.8 Å². The summed E-state index contributed by atoms with van der Waals surface area (Å²) < 4.78 is 37.3. The topological polar surface area (TPSA) is 84.3 Å². The first-order valence-corrected chi connectivity index (χ1v) is 5.33. The number of aliphatic carboxylic acids is 1. The van der Waals surface area contributed by atoms with Crippen LogP contribution >= 0.6 is 0 Å². The van der Waals surface area contributed by atoms with E-state index in [1.165, 1.54) is 6.33 Å². The predicted molar refractivity (Wildman–Crippen MR) is 57.6 cm³/mol. The molecule has 9 heteroatoms. The SMILES string of the molecule is O=C(O)C(F)(F)F.c1cc(OC2CCNC2)ncn1. The fourth-order valence-electron chi connectivity index (χ4n) is 1.25. The van der Waals surface area contributed by atoms with Crippen LogP contribution in [0, 0.1) is 0 Å². The third kappa shape index (κ3) is 6.00. The Morgan fingerprint density at radius 2 is 2.21 bits per heavy atom. The number of hydrogen-bond donors (Lipinski definition) is 2. The number of rotatable bonds is 2. The number of alkyl halides is 3. The fraction of sp³-hybridized carbons (Fsp3) is 0.500. The Kier molecular flexibility index (Phi) is 5.49. The van der Waals surface area contributed by atoms with Crippen LogP contribution in [0.25, 0.3) is 0 Å². The van der Waals surface area contributed by atoms with Crippen molar-refractivity contribution in [3.63, 3.8) is 0 Å². The maximum absolute atomic E-state index is 10.6. The summed E-state index contributed by atoms with van der Waals surface area (Å²) in [7, 11) is 0. The number of halogens is 3. The van der Waals surface area contributed by atoms with Gasteiger partial charge in [0, 0.05) is 18.8 Å². The van der Waals surface area contributed by atoms with Crippen LogP contribution in [0.5, 0.6) is 5.88 Å². The third-order valence-corrected chi connectivity index (χ3v) is 2.10. The van der Waals surface area contributed by atoms with E-state index < -0.39 is 12.1 Å². The normalized spacial score (nSPS) is 18.4. The molecule has 1 fully saturated rings. The molecule has 1 saturated heterocycles. The molecule has 106 valence electrons. The van der Waals surface area contributed by atoms with E-state index in [-0.39, 0.29) is 6.10 Å². The van der Waals surface area contributed by atoms with E-state index in [9.17, 15) is 13.2 Å². The first-order chi connectivity index (χ1) is 8.89. The standard InChI is InChI=1S/C8H11N3O.C2HF3O2/c1-3-9-5-7(1)12-8-2-4-10-6-11-8;3-2(4,5)1(6)7/h2,4,6-7,9H,1,3,5H2;(H,6,7). The van der Waals surface area contributed by atoms with Gasteiger partial charge in [-0.2, -0.15) is 13.2 Å². The number of nitrogens with zero attached hydrogens (tertiary/aromatic N) is 2.